The van der Waals surface area contributed by atoms with Crippen molar-refractivity contribution >= 4 is 17.3 Å². The number of hydrogen-bond donors (Lipinski definition) is 0. The predicted octanol–water partition coefficient (Wildman–Crippen LogP) is 0.570. The Morgan fingerprint density at radius 1 is 1.60 bits per heavy atom. The third-order valence-electron chi connectivity index (χ3n) is 1.71. The highest BCUT2D eigenvalue weighted by Gasteiger charge is 2.11. The molecule has 15 heavy (non-hydrogen) atoms. The summed E-state index contributed by atoms with van der Waals surface area (Å²) < 4.78 is 6.04. The minimum atomic E-state index is -0.535. The Kier molecular flexibility index (Phi) is 2.72. The van der Waals surface area contributed by atoms with E-state index in [1.165, 1.54) is 24.8 Å². The molecule has 2 rings (SSSR count). The third kappa shape index (κ3) is 2.18. The monoisotopic (exact) mass is 224 g/mol. The maximum absolute atomic E-state index is 11.1. The topological polar surface area (TPSA) is 69.9 Å². The highest BCUT2D eigenvalue weighted by atomic mass is 32.1. The first-order chi connectivity index (χ1) is 7.29. The van der Waals surface area contributed by atoms with E-state index in [1.54, 1.807) is 10.2 Å². The van der Waals surface area contributed by atoms with Gasteiger partial charge in [-0.2, -0.15) is 0 Å². The van der Waals surface area contributed by atoms with Crippen LogP contribution in [0.1, 0.15) is 16.3 Å². The van der Waals surface area contributed by atoms with Crippen molar-refractivity contribution in [3.8, 4) is 0 Å². The molecule has 2 aromatic heterocycles. The van der Waals surface area contributed by atoms with E-state index < -0.39 is 5.97 Å². The second-order valence-electron chi connectivity index (χ2n) is 2.74. The van der Waals surface area contributed by atoms with Crippen LogP contribution in [0.4, 0.5) is 0 Å². The maximum Gasteiger partial charge on any atom is 0.377 e. The molecule has 0 aromatic carbocycles. The van der Waals surface area contributed by atoms with Gasteiger partial charge in [0.25, 0.3) is 5.82 Å². The first kappa shape index (κ1) is 9.78. The van der Waals surface area contributed by atoms with Gasteiger partial charge in [0.05, 0.1) is 24.9 Å². The number of ether oxygens (including phenoxy) is 1. The first-order valence-corrected chi connectivity index (χ1v) is 5.08. The molecule has 7 heteroatoms. The molecule has 0 aliphatic carbocycles. The van der Waals surface area contributed by atoms with Crippen LogP contribution in [0.2, 0.25) is 0 Å². The van der Waals surface area contributed by atoms with Crippen molar-refractivity contribution in [2.45, 2.75) is 6.54 Å². The minimum Gasteiger partial charge on any atom is -0.463 e. The Labute approximate surface area is 89.5 Å². The predicted molar refractivity (Wildman–Crippen MR) is 52.6 cm³/mol. The molecule has 2 aromatic rings. The Morgan fingerprint density at radius 2 is 2.47 bits per heavy atom. The van der Waals surface area contributed by atoms with Crippen LogP contribution < -0.4 is 0 Å². The molecule has 0 radical (unpaired) electrons. The number of aromatic nitrogens is 4. The molecule has 2 heterocycles. The fraction of sp³-hybridized carbons (Fsp3) is 0.250. The van der Waals surface area contributed by atoms with E-state index in [9.17, 15) is 4.79 Å². The van der Waals surface area contributed by atoms with Crippen LogP contribution in [0.5, 0.6) is 0 Å². The number of esters is 1. The van der Waals surface area contributed by atoms with Gasteiger partial charge in [0, 0.05) is 5.38 Å². The van der Waals surface area contributed by atoms with Gasteiger partial charge in [0.15, 0.2) is 0 Å². The molecule has 0 bridgehead atoms. The SMILES string of the molecule is COC(=O)c1ncn(Cc2cscn2)n1. The zero-order chi connectivity index (χ0) is 10.7. The quantitative estimate of drug-likeness (QED) is 0.713. The maximum atomic E-state index is 11.1. The number of thiazole rings is 1. The van der Waals surface area contributed by atoms with E-state index in [1.807, 2.05) is 5.38 Å². The van der Waals surface area contributed by atoms with Crippen molar-refractivity contribution in [1.29, 1.82) is 0 Å². The number of nitrogens with zero attached hydrogens (tertiary/aromatic N) is 4. The lowest BCUT2D eigenvalue weighted by Gasteiger charge is -1.95. The summed E-state index contributed by atoms with van der Waals surface area (Å²) in [7, 11) is 1.30. The summed E-state index contributed by atoms with van der Waals surface area (Å²) >= 11 is 1.51. The lowest BCUT2D eigenvalue weighted by Crippen LogP contribution is -2.06. The third-order valence-corrected chi connectivity index (χ3v) is 2.35. The van der Waals surface area contributed by atoms with Crippen LogP contribution in [-0.2, 0) is 11.3 Å². The molecule has 0 saturated heterocycles. The van der Waals surface area contributed by atoms with E-state index in [4.69, 9.17) is 0 Å². The molecule has 78 valence electrons. The smallest absolute Gasteiger partial charge is 0.377 e. The standard InChI is InChI=1S/C8H8N4O2S/c1-14-8(13)7-9-4-12(11-7)2-6-3-15-5-10-6/h3-5H,2H2,1H3. The fourth-order valence-electron chi connectivity index (χ4n) is 1.04. The molecular weight excluding hydrogens is 216 g/mol. The molecule has 0 saturated carbocycles. The lowest BCUT2D eigenvalue weighted by molar-refractivity contribution is 0.0586. The van der Waals surface area contributed by atoms with Crippen LogP contribution in [-0.4, -0.2) is 32.8 Å². The lowest BCUT2D eigenvalue weighted by atomic mass is 10.5. The minimum absolute atomic E-state index is 0.0627. The summed E-state index contributed by atoms with van der Waals surface area (Å²) in [5, 5.41) is 5.87. The number of carbonyl (C=O) groups excluding carboxylic acids is 1. The summed E-state index contributed by atoms with van der Waals surface area (Å²) in [4.78, 5) is 19.0. The van der Waals surface area contributed by atoms with Gasteiger partial charge in [-0.05, 0) is 0 Å². The van der Waals surface area contributed by atoms with Gasteiger partial charge in [-0.3, -0.25) is 0 Å². The van der Waals surface area contributed by atoms with Gasteiger partial charge >= 0.3 is 5.97 Å². The van der Waals surface area contributed by atoms with Crippen molar-refractivity contribution in [1.82, 2.24) is 19.7 Å². The molecule has 0 N–H and O–H groups in total. The van der Waals surface area contributed by atoms with E-state index in [-0.39, 0.29) is 5.82 Å². The summed E-state index contributed by atoms with van der Waals surface area (Å²) in [5.41, 5.74) is 2.63. The van der Waals surface area contributed by atoms with Gasteiger partial charge in [-0.25, -0.2) is 19.4 Å². The summed E-state index contributed by atoms with van der Waals surface area (Å²) in [6.45, 7) is 0.507. The van der Waals surface area contributed by atoms with Crippen molar-refractivity contribution in [2.75, 3.05) is 7.11 Å². The van der Waals surface area contributed by atoms with Gasteiger partial charge in [-0.15, -0.1) is 16.4 Å². The second kappa shape index (κ2) is 4.18. The summed E-state index contributed by atoms with van der Waals surface area (Å²) in [6, 6.07) is 0. The van der Waals surface area contributed by atoms with Gasteiger partial charge in [-0.1, -0.05) is 0 Å². The summed E-state index contributed by atoms with van der Waals surface area (Å²) in [5.74, 6) is -0.472. The molecular formula is C8H8N4O2S. The Morgan fingerprint density at radius 3 is 3.13 bits per heavy atom. The number of hydrogen-bond acceptors (Lipinski definition) is 6. The van der Waals surface area contributed by atoms with Gasteiger partial charge in [0.2, 0.25) is 0 Å². The van der Waals surface area contributed by atoms with Crippen molar-refractivity contribution < 1.29 is 9.53 Å². The van der Waals surface area contributed by atoms with Crippen molar-refractivity contribution in [3.05, 3.63) is 28.7 Å². The average molecular weight is 224 g/mol. The number of carbonyl (C=O) groups is 1. The highest BCUT2D eigenvalue weighted by molar-refractivity contribution is 7.07. The Bertz CT molecular complexity index is 451. The normalized spacial score (nSPS) is 10.2. The molecule has 0 aliphatic heterocycles. The highest BCUT2D eigenvalue weighted by Crippen LogP contribution is 2.03. The number of methoxy groups -OCH3 is 1. The molecule has 0 spiro atoms. The second-order valence-corrected chi connectivity index (χ2v) is 3.46. The van der Waals surface area contributed by atoms with E-state index in [0.29, 0.717) is 6.54 Å². The Hall–Kier alpha value is -1.76. The molecule has 0 fully saturated rings. The largest absolute Gasteiger partial charge is 0.463 e. The van der Waals surface area contributed by atoms with Gasteiger partial charge < -0.3 is 4.74 Å². The van der Waals surface area contributed by atoms with Crippen LogP contribution >= 0.6 is 11.3 Å². The van der Waals surface area contributed by atoms with Crippen LogP contribution in [0, 0.1) is 0 Å². The molecule has 0 amide bonds. The average Bonchev–Trinajstić information content (AvgIpc) is 2.88. The van der Waals surface area contributed by atoms with E-state index >= 15 is 0 Å². The van der Waals surface area contributed by atoms with Crippen LogP contribution in [0.15, 0.2) is 17.2 Å². The summed E-state index contributed by atoms with van der Waals surface area (Å²) in [6.07, 6.45) is 1.48. The van der Waals surface area contributed by atoms with E-state index in [2.05, 4.69) is 19.8 Å². The molecule has 0 atom stereocenters. The van der Waals surface area contributed by atoms with Crippen molar-refractivity contribution in [2.24, 2.45) is 0 Å². The van der Waals surface area contributed by atoms with E-state index in [0.717, 1.165) is 5.69 Å². The molecule has 0 unspecified atom stereocenters. The van der Waals surface area contributed by atoms with Crippen LogP contribution in [0.3, 0.4) is 0 Å². The Balaban J connectivity index is 2.11. The zero-order valence-corrected chi connectivity index (χ0v) is 8.77. The fourth-order valence-corrected chi connectivity index (χ4v) is 1.59. The van der Waals surface area contributed by atoms with Crippen LogP contribution in [0.25, 0.3) is 0 Å². The zero-order valence-electron chi connectivity index (χ0n) is 7.95. The first-order valence-electron chi connectivity index (χ1n) is 4.14. The number of rotatable bonds is 3. The molecule has 6 nitrogen and oxygen atoms in total. The van der Waals surface area contributed by atoms with Crippen molar-refractivity contribution in [3.63, 3.8) is 0 Å². The molecule has 0 aliphatic rings. The van der Waals surface area contributed by atoms with Gasteiger partial charge in [0.1, 0.15) is 6.33 Å².